The quantitative estimate of drug-likeness (QED) is 0.253. The number of likely N-dealkylation sites (N-methyl/N-ethyl adjacent to an activating group) is 1. The normalized spacial score (nSPS) is 22.3. The smallest absolute Gasteiger partial charge is 0.268 e. The number of aldehydes is 1. The van der Waals surface area contributed by atoms with E-state index in [1.54, 1.807) is 37.2 Å². The van der Waals surface area contributed by atoms with Crippen LogP contribution in [0.1, 0.15) is 61.9 Å². The Morgan fingerprint density at radius 3 is 2.85 bits per heavy atom. The molecule has 208 valence electrons. The van der Waals surface area contributed by atoms with Crippen LogP contribution in [0.25, 0.3) is 10.9 Å². The summed E-state index contributed by atoms with van der Waals surface area (Å²) in [6.45, 7) is 1.73. The van der Waals surface area contributed by atoms with Gasteiger partial charge < -0.3 is 25.2 Å². The minimum Gasteiger partial charge on any atom is -0.372 e. The van der Waals surface area contributed by atoms with Crippen LogP contribution in [-0.4, -0.2) is 82.7 Å². The van der Waals surface area contributed by atoms with Crippen molar-refractivity contribution in [2.75, 3.05) is 27.7 Å². The molecule has 4 N–H and O–H groups in total. The molecule has 2 aliphatic rings. The van der Waals surface area contributed by atoms with Crippen LogP contribution in [0.2, 0.25) is 5.02 Å². The van der Waals surface area contributed by atoms with Crippen molar-refractivity contribution in [2.45, 2.75) is 50.5 Å². The van der Waals surface area contributed by atoms with E-state index in [0.29, 0.717) is 46.5 Å². The predicted molar refractivity (Wildman–Crippen MR) is 150 cm³/mol. The van der Waals surface area contributed by atoms with E-state index < -0.39 is 18.2 Å². The fourth-order valence-electron chi connectivity index (χ4n) is 5.58. The Balaban J connectivity index is 1.37. The third-order valence-electron chi connectivity index (χ3n) is 7.65. The maximum atomic E-state index is 13.4. The Morgan fingerprint density at radius 1 is 1.31 bits per heavy atom. The van der Waals surface area contributed by atoms with Crippen molar-refractivity contribution < 1.29 is 19.5 Å². The number of halogens is 1. The molecule has 1 aliphatic carbocycles. The summed E-state index contributed by atoms with van der Waals surface area (Å²) in [4.78, 5) is 50.8. The van der Waals surface area contributed by atoms with Crippen molar-refractivity contribution in [1.29, 1.82) is 0 Å². The first kappa shape index (κ1) is 27.7. The molecule has 1 aliphatic heterocycles. The number of carbonyl (C=O) groups excluding carboxylic acids is 3. The summed E-state index contributed by atoms with van der Waals surface area (Å²) < 4.78 is 0. The lowest BCUT2D eigenvalue weighted by Gasteiger charge is -2.38. The van der Waals surface area contributed by atoms with Crippen LogP contribution >= 0.6 is 22.9 Å². The highest BCUT2D eigenvalue weighted by Gasteiger charge is 2.37. The van der Waals surface area contributed by atoms with E-state index in [9.17, 15) is 19.5 Å². The van der Waals surface area contributed by atoms with Crippen molar-refractivity contribution in [3.05, 3.63) is 50.1 Å². The molecule has 39 heavy (non-hydrogen) atoms. The summed E-state index contributed by atoms with van der Waals surface area (Å²) in [6, 6.07) is 4.29. The number of aliphatic hydroxyl groups excluding tert-OH is 1. The second-order valence-corrected chi connectivity index (χ2v) is 12.2. The number of carbonyl (C=O) groups is 3. The van der Waals surface area contributed by atoms with Gasteiger partial charge >= 0.3 is 0 Å². The van der Waals surface area contributed by atoms with Crippen LogP contribution < -0.4 is 10.6 Å². The van der Waals surface area contributed by atoms with Crippen molar-refractivity contribution >= 4 is 51.9 Å². The van der Waals surface area contributed by atoms with Gasteiger partial charge in [-0.05, 0) is 44.5 Å². The van der Waals surface area contributed by atoms with Crippen LogP contribution in [0.5, 0.6) is 0 Å². The van der Waals surface area contributed by atoms with Crippen LogP contribution in [-0.2, 0) is 17.8 Å². The van der Waals surface area contributed by atoms with Gasteiger partial charge in [0.1, 0.15) is 10.7 Å². The zero-order chi connectivity index (χ0) is 27.8. The van der Waals surface area contributed by atoms with Crippen LogP contribution in [0.4, 0.5) is 0 Å². The number of aromatic nitrogens is 2. The van der Waals surface area contributed by atoms with E-state index >= 15 is 0 Å². The van der Waals surface area contributed by atoms with Gasteiger partial charge in [0, 0.05) is 72.4 Å². The van der Waals surface area contributed by atoms with Crippen LogP contribution in [0, 0.1) is 5.92 Å². The topological polar surface area (TPSA) is 131 Å². The SMILES string of the molecule is CN1CCc2nc(C(O)N[C@@H]3CC(C(=O)N(C)C)CC[C@@H]3NC(=O)c3[nH]c4ccc(Cl)cc4c3C=O)sc2C1. The summed E-state index contributed by atoms with van der Waals surface area (Å²) in [5, 5.41) is 19.1. The fraction of sp³-hybridized carbons (Fsp3) is 0.481. The lowest BCUT2D eigenvalue weighted by molar-refractivity contribution is -0.134. The molecular formula is C27H33ClN6O4S. The number of benzene rings is 1. The maximum Gasteiger partial charge on any atom is 0.268 e. The number of amides is 2. The van der Waals surface area contributed by atoms with E-state index in [0.717, 1.165) is 30.1 Å². The molecule has 4 atom stereocenters. The summed E-state index contributed by atoms with van der Waals surface area (Å²) >= 11 is 7.60. The van der Waals surface area contributed by atoms with Gasteiger partial charge in [0.25, 0.3) is 5.91 Å². The molecule has 2 unspecified atom stereocenters. The van der Waals surface area contributed by atoms with Gasteiger partial charge in [0.2, 0.25) is 5.91 Å². The minimum absolute atomic E-state index is 0.0181. The highest BCUT2D eigenvalue weighted by molar-refractivity contribution is 7.11. The van der Waals surface area contributed by atoms with Crippen molar-refractivity contribution in [2.24, 2.45) is 5.92 Å². The Kier molecular flexibility index (Phi) is 8.06. The lowest BCUT2D eigenvalue weighted by Crippen LogP contribution is -2.55. The number of fused-ring (bicyclic) bond motifs is 2. The molecule has 0 spiro atoms. The number of hydrogen-bond acceptors (Lipinski definition) is 8. The van der Waals surface area contributed by atoms with Crippen molar-refractivity contribution in [3.63, 3.8) is 0 Å². The van der Waals surface area contributed by atoms with Gasteiger partial charge in [-0.25, -0.2) is 4.98 Å². The van der Waals surface area contributed by atoms with E-state index in [4.69, 9.17) is 11.6 Å². The van der Waals surface area contributed by atoms with Gasteiger partial charge in [-0.2, -0.15) is 0 Å². The van der Waals surface area contributed by atoms with Gasteiger partial charge in [-0.15, -0.1) is 11.3 Å². The number of aromatic amines is 1. The molecule has 0 bridgehead atoms. The number of nitrogens with one attached hydrogen (secondary N) is 3. The summed E-state index contributed by atoms with van der Waals surface area (Å²) in [7, 11) is 5.52. The molecule has 0 radical (unpaired) electrons. The lowest BCUT2D eigenvalue weighted by atomic mass is 9.81. The van der Waals surface area contributed by atoms with E-state index in [1.807, 2.05) is 0 Å². The first-order chi connectivity index (χ1) is 18.6. The third kappa shape index (κ3) is 5.73. The first-order valence-electron chi connectivity index (χ1n) is 13.0. The molecular weight excluding hydrogens is 540 g/mol. The fourth-order valence-corrected chi connectivity index (χ4v) is 6.89. The standard InChI is InChI=1S/C27H33ClN6O4S/c1-33(2)27(38)14-4-6-19(30-24(36)23-17(13-35)16-11-15(28)5-7-18(16)29-23)21(10-14)31-25(37)26-32-20-8-9-34(3)12-22(20)39-26/h5,7,11,13-14,19,21,25,29,31,37H,4,6,8-10,12H2,1-3H3,(H,30,36)/t14?,19-,21+,25?/m0/s1. The Morgan fingerprint density at radius 2 is 2.10 bits per heavy atom. The number of thiazole rings is 1. The highest BCUT2D eigenvalue weighted by atomic mass is 35.5. The van der Waals surface area contributed by atoms with Gasteiger partial charge in [-0.3, -0.25) is 19.7 Å². The Hall–Kier alpha value is -2.83. The molecule has 10 nitrogen and oxygen atoms in total. The summed E-state index contributed by atoms with van der Waals surface area (Å²) in [5.74, 6) is -0.651. The average Bonchev–Trinajstić information content (AvgIpc) is 3.49. The zero-order valence-corrected chi connectivity index (χ0v) is 23.7. The van der Waals surface area contributed by atoms with E-state index in [2.05, 4.69) is 32.5 Å². The second kappa shape index (κ2) is 11.3. The number of nitrogens with zero attached hydrogens (tertiary/aromatic N) is 3. The van der Waals surface area contributed by atoms with Crippen molar-refractivity contribution in [3.8, 4) is 0 Å². The van der Waals surface area contributed by atoms with Gasteiger partial charge in [0.15, 0.2) is 12.5 Å². The Labute approximate surface area is 235 Å². The number of hydrogen-bond donors (Lipinski definition) is 4. The van der Waals surface area contributed by atoms with E-state index in [1.165, 1.54) is 11.3 Å². The number of H-pyrrole nitrogens is 1. The van der Waals surface area contributed by atoms with Crippen LogP contribution in [0.15, 0.2) is 18.2 Å². The van der Waals surface area contributed by atoms with E-state index in [-0.39, 0.29) is 29.1 Å². The molecule has 12 heteroatoms. The molecule has 1 aromatic carbocycles. The minimum atomic E-state index is -1.04. The molecule has 0 saturated heterocycles. The maximum absolute atomic E-state index is 13.4. The van der Waals surface area contributed by atoms with Gasteiger partial charge in [-0.1, -0.05) is 11.6 Å². The highest BCUT2D eigenvalue weighted by Crippen LogP contribution is 2.31. The first-order valence-corrected chi connectivity index (χ1v) is 14.2. The molecule has 1 saturated carbocycles. The predicted octanol–water partition coefficient (Wildman–Crippen LogP) is 2.71. The second-order valence-electron chi connectivity index (χ2n) is 10.6. The molecule has 3 aromatic rings. The molecule has 1 fully saturated rings. The van der Waals surface area contributed by atoms with Crippen molar-refractivity contribution in [1.82, 2.24) is 30.4 Å². The zero-order valence-electron chi connectivity index (χ0n) is 22.2. The molecule has 3 heterocycles. The average molecular weight is 573 g/mol. The number of aliphatic hydroxyl groups is 1. The van der Waals surface area contributed by atoms with Gasteiger partial charge in [0.05, 0.1) is 11.3 Å². The largest absolute Gasteiger partial charge is 0.372 e. The molecule has 2 aromatic heterocycles. The number of rotatable bonds is 7. The molecule has 5 rings (SSSR count). The Bertz CT molecular complexity index is 1400. The summed E-state index contributed by atoms with van der Waals surface area (Å²) in [6.07, 6.45) is 2.02. The monoisotopic (exact) mass is 572 g/mol. The molecule has 2 amide bonds. The van der Waals surface area contributed by atoms with Crippen LogP contribution in [0.3, 0.4) is 0 Å². The summed E-state index contributed by atoms with van der Waals surface area (Å²) in [5.41, 5.74) is 2.05. The third-order valence-corrected chi connectivity index (χ3v) is 9.02.